The molecule has 0 spiro atoms. The molecule has 0 unspecified atom stereocenters. The van der Waals surface area contributed by atoms with Crippen molar-refractivity contribution in [2.24, 2.45) is 0 Å². The van der Waals surface area contributed by atoms with Gasteiger partial charge in [-0.25, -0.2) is 24.3 Å². The number of nitrogens with zero attached hydrogens (tertiary/aromatic N) is 4. The first kappa shape index (κ1) is 15.4. The molecule has 6 nitrogen and oxygen atoms in total. The van der Waals surface area contributed by atoms with Gasteiger partial charge in [0, 0.05) is 41.3 Å². The van der Waals surface area contributed by atoms with E-state index in [9.17, 15) is 0 Å². The van der Waals surface area contributed by atoms with Crippen molar-refractivity contribution in [3.63, 3.8) is 0 Å². The first-order valence-electron chi connectivity index (χ1n) is 8.06. The Bertz CT molecular complexity index is 882. The first-order valence-corrected chi connectivity index (χ1v) is 8.06. The number of rotatable bonds is 4. The summed E-state index contributed by atoms with van der Waals surface area (Å²) in [4.78, 5) is 15.8. The normalized spacial score (nSPS) is 14.1. The van der Waals surface area contributed by atoms with Gasteiger partial charge in [0.05, 0.1) is 0 Å². The number of hydrogen-bond donors (Lipinski definition) is 1. The highest BCUT2D eigenvalue weighted by Crippen LogP contribution is 2.44. The van der Waals surface area contributed by atoms with E-state index in [0.717, 1.165) is 24.8 Å². The molecule has 0 radical (unpaired) electrons. The van der Waals surface area contributed by atoms with Crippen LogP contribution < -0.4 is 10.5 Å². The number of hydrogen-bond acceptors (Lipinski definition) is 6. The summed E-state index contributed by atoms with van der Waals surface area (Å²) in [7, 11) is 0. The number of benzene rings is 1. The fraction of sp³-hybridized carbons (Fsp3) is 0.222. The molecule has 3 aromatic rings. The fourth-order valence-corrected chi connectivity index (χ4v) is 2.86. The highest BCUT2D eigenvalue weighted by Gasteiger charge is 2.27. The Morgan fingerprint density at radius 3 is 2.52 bits per heavy atom. The molecule has 2 aromatic heterocycles. The molecule has 1 aliphatic rings. The number of ether oxygens (including phenoxy) is 1. The molecule has 0 atom stereocenters. The molecule has 2 heterocycles. The summed E-state index contributed by atoms with van der Waals surface area (Å²) in [6.07, 6.45) is 9.13. The Kier molecular flexibility index (Phi) is 3.97. The number of anilines is 1. The lowest BCUT2D eigenvalue weighted by Crippen LogP contribution is -2.11. The van der Waals surface area contributed by atoms with E-state index < -0.39 is 5.82 Å². The molecule has 0 amide bonds. The van der Waals surface area contributed by atoms with Gasteiger partial charge in [-0.05, 0) is 18.8 Å². The third-order valence-corrected chi connectivity index (χ3v) is 4.42. The standard InChI is InChI=1S/C18H16FN5O/c19-16-13(12-8-22-18(20)23-9-12)4-5-14(11-2-1-3-11)17(16)25-15-6-7-21-10-24-15/h4-11H,1-3H2,(H2,20,22,23). The summed E-state index contributed by atoms with van der Waals surface area (Å²) in [5.41, 5.74) is 7.28. The zero-order chi connectivity index (χ0) is 17.2. The van der Waals surface area contributed by atoms with E-state index in [2.05, 4.69) is 19.9 Å². The lowest BCUT2D eigenvalue weighted by Gasteiger charge is -2.28. The van der Waals surface area contributed by atoms with Crippen LogP contribution in [0.1, 0.15) is 30.7 Å². The summed E-state index contributed by atoms with van der Waals surface area (Å²) in [6, 6.07) is 5.25. The molecule has 126 valence electrons. The zero-order valence-electron chi connectivity index (χ0n) is 13.4. The summed E-state index contributed by atoms with van der Waals surface area (Å²) in [5.74, 6) is 0.519. The predicted molar refractivity (Wildman–Crippen MR) is 90.5 cm³/mol. The van der Waals surface area contributed by atoms with Gasteiger partial charge in [0.1, 0.15) is 6.33 Å². The number of nitrogens with two attached hydrogens (primary N) is 1. The van der Waals surface area contributed by atoms with Gasteiger partial charge < -0.3 is 10.5 Å². The van der Waals surface area contributed by atoms with E-state index in [1.807, 2.05) is 6.07 Å². The van der Waals surface area contributed by atoms with Crippen molar-refractivity contribution in [1.82, 2.24) is 19.9 Å². The molecule has 0 saturated heterocycles. The van der Waals surface area contributed by atoms with Gasteiger partial charge in [0.2, 0.25) is 11.8 Å². The molecule has 4 rings (SSSR count). The van der Waals surface area contributed by atoms with E-state index in [4.69, 9.17) is 10.5 Å². The molecule has 1 aromatic carbocycles. The minimum absolute atomic E-state index is 0.146. The third-order valence-electron chi connectivity index (χ3n) is 4.42. The van der Waals surface area contributed by atoms with Crippen LogP contribution in [0, 0.1) is 5.82 Å². The van der Waals surface area contributed by atoms with E-state index in [1.165, 1.54) is 18.7 Å². The van der Waals surface area contributed by atoms with E-state index in [-0.39, 0.29) is 11.7 Å². The summed E-state index contributed by atoms with van der Waals surface area (Å²) < 4.78 is 21.1. The number of halogens is 1. The molecular weight excluding hydrogens is 321 g/mol. The van der Waals surface area contributed by atoms with Crippen molar-refractivity contribution in [2.75, 3.05) is 5.73 Å². The van der Waals surface area contributed by atoms with Gasteiger partial charge in [0.25, 0.3) is 0 Å². The lowest BCUT2D eigenvalue weighted by atomic mass is 9.79. The minimum Gasteiger partial charge on any atom is -0.436 e. The SMILES string of the molecule is Nc1ncc(-c2ccc(C3CCC3)c(Oc3ccncn3)c2F)cn1. The Morgan fingerprint density at radius 2 is 1.88 bits per heavy atom. The molecule has 1 fully saturated rings. The maximum atomic E-state index is 15.3. The average molecular weight is 337 g/mol. The molecule has 2 N–H and O–H groups in total. The molecule has 7 heteroatoms. The first-order chi connectivity index (χ1) is 12.2. The quantitative estimate of drug-likeness (QED) is 0.781. The lowest BCUT2D eigenvalue weighted by molar-refractivity contribution is 0.378. The van der Waals surface area contributed by atoms with Crippen LogP contribution in [0.15, 0.2) is 43.1 Å². The Balaban J connectivity index is 1.79. The van der Waals surface area contributed by atoms with E-state index >= 15 is 4.39 Å². The topological polar surface area (TPSA) is 86.8 Å². The van der Waals surface area contributed by atoms with Gasteiger partial charge in [0.15, 0.2) is 11.6 Å². The van der Waals surface area contributed by atoms with Crippen LogP contribution in [0.25, 0.3) is 11.1 Å². The van der Waals surface area contributed by atoms with Gasteiger partial charge in [-0.2, -0.15) is 0 Å². The van der Waals surface area contributed by atoms with Gasteiger partial charge in [-0.3, -0.25) is 0 Å². The van der Waals surface area contributed by atoms with Crippen molar-refractivity contribution < 1.29 is 9.13 Å². The Morgan fingerprint density at radius 1 is 1.08 bits per heavy atom. The number of nitrogen functional groups attached to an aromatic ring is 1. The van der Waals surface area contributed by atoms with Gasteiger partial charge >= 0.3 is 0 Å². The third kappa shape index (κ3) is 3.00. The molecule has 25 heavy (non-hydrogen) atoms. The fourth-order valence-electron chi connectivity index (χ4n) is 2.86. The van der Waals surface area contributed by atoms with Crippen molar-refractivity contribution >= 4 is 5.95 Å². The van der Waals surface area contributed by atoms with Crippen molar-refractivity contribution in [2.45, 2.75) is 25.2 Å². The van der Waals surface area contributed by atoms with Crippen LogP contribution in [0.3, 0.4) is 0 Å². The molecule has 1 saturated carbocycles. The Labute approximate surface area is 143 Å². The van der Waals surface area contributed by atoms with E-state index in [1.54, 1.807) is 18.3 Å². The second-order valence-electron chi connectivity index (χ2n) is 5.95. The molecule has 1 aliphatic carbocycles. The van der Waals surface area contributed by atoms with Crippen molar-refractivity contribution in [3.05, 3.63) is 54.5 Å². The van der Waals surface area contributed by atoms with Crippen LogP contribution in [0.4, 0.5) is 10.3 Å². The predicted octanol–water partition coefficient (Wildman–Crippen LogP) is 3.71. The van der Waals surface area contributed by atoms with Crippen LogP contribution in [-0.2, 0) is 0 Å². The highest BCUT2D eigenvalue weighted by atomic mass is 19.1. The van der Waals surface area contributed by atoms with Gasteiger partial charge in [-0.1, -0.05) is 18.6 Å². The summed E-state index contributed by atoms with van der Waals surface area (Å²) in [5, 5.41) is 0. The monoisotopic (exact) mass is 337 g/mol. The van der Waals surface area contributed by atoms with Gasteiger partial charge in [-0.15, -0.1) is 0 Å². The molecule has 0 aliphatic heterocycles. The molecule has 0 bridgehead atoms. The largest absolute Gasteiger partial charge is 0.436 e. The summed E-state index contributed by atoms with van der Waals surface area (Å²) >= 11 is 0. The van der Waals surface area contributed by atoms with E-state index in [0.29, 0.717) is 22.9 Å². The maximum Gasteiger partial charge on any atom is 0.222 e. The second kappa shape index (κ2) is 6.43. The van der Waals surface area contributed by atoms with Crippen LogP contribution in [0.5, 0.6) is 11.6 Å². The second-order valence-corrected chi connectivity index (χ2v) is 5.95. The van der Waals surface area contributed by atoms with Crippen LogP contribution in [0.2, 0.25) is 0 Å². The van der Waals surface area contributed by atoms with Crippen LogP contribution in [-0.4, -0.2) is 19.9 Å². The van der Waals surface area contributed by atoms with Crippen molar-refractivity contribution in [1.29, 1.82) is 0 Å². The highest BCUT2D eigenvalue weighted by molar-refractivity contribution is 5.66. The Hall–Kier alpha value is -3.09. The van der Waals surface area contributed by atoms with Crippen molar-refractivity contribution in [3.8, 4) is 22.8 Å². The van der Waals surface area contributed by atoms with Crippen LogP contribution >= 0.6 is 0 Å². The summed E-state index contributed by atoms with van der Waals surface area (Å²) in [6.45, 7) is 0. The maximum absolute atomic E-state index is 15.3. The smallest absolute Gasteiger partial charge is 0.222 e. The zero-order valence-corrected chi connectivity index (χ0v) is 13.4. The number of aromatic nitrogens is 4. The molecular formula is C18H16FN5O. The average Bonchev–Trinajstić information content (AvgIpc) is 2.59. The minimum atomic E-state index is -0.448.